The molecular weight excluding hydrogens is 375 g/mol. The van der Waals surface area contributed by atoms with Gasteiger partial charge >= 0.3 is 0 Å². The van der Waals surface area contributed by atoms with Crippen LogP contribution in [0.15, 0.2) is 46.5 Å². The van der Waals surface area contributed by atoms with Crippen molar-refractivity contribution in [3.05, 3.63) is 42.5 Å². The molecule has 1 aliphatic rings. The average molecular weight is 405 g/mol. The Bertz CT molecular complexity index is 778. The van der Waals surface area contributed by atoms with Gasteiger partial charge in [0.15, 0.2) is 5.96 Å². The molecule has 1 aliphatic heterocycles. The summed E-state index contributed by atoms with van der Waals surface area (Å²) in [6.07, 6.45) is 6.23. The normalized spacial score (nSPS) is 17.6. The Labute approximate surface area is 170 Å². The van der Waals surface area contributed by atoms with Gasteiger partial charge in [0.2, 0.25) is 0 Å². The third kappa shape index (κ3) is 5.89. The highest BCUT2D eigenvalue weighted by Crippen LogP contribution is 2.21. The lowest BCUT2D eigenvalue weighted by Crippen LogP contribution is -2.51. The number of halogens is 1. The molecule has 2 N–H and O–H groups in total. The number of hydrogen-bond donors (Lipinski definition) is 2. The highest BCUT2D eigenvalue weighted by atomic mass is 32.2. The van der Waals surface area contributed by atoms with Gasteiger partial charge in [-0.1, -0.05) is 12.1 Å². The fourth-order valence-corrected chi connectivity index (χ4v) is 4.07. The van der Waals surface area contributed by atoms with Crippen molar-refractivity contribution in [3.8, 4) is 0 Å². The first-order valence-corrected chi connectivity index (χ1v) is 10.8. The number of aryl methyl sites for hydroxylation is 1. The van der Waals surface area contributed by atoms with Crippen LogP contribution in [0.2, 0.25) is 0 Å². The van der Waals surface area contributed by atoms with Crippen LogP contribution >= 0.6 is 11.8 Å². The predicted octanol–water partition coefficient (Wildman–Crippen LogP) is 2.88. The molecule has 2 aromatic rings. The van der Waals surface area contributed by atoms with Crippen molar-refractivity contribution >= 4 is 23.4 Å². The van der Waals surface area contributed by atoms with Crippen molar-refractivity contribution in [3.63, 3.8) is 0 Å². The molecule has 1 aromatic carbocycles. The quantitative estimate of drug-likeness (QED) is 0.322. The molecule has 1 saturated heterocycles. The minimum Gasteiger partial charge on any atom is -0.367 e. The number of piperidine rings is 1. The maximum absolute atomic E-state index is 13.7. The van der Waals surface area contributed by atoms with Gasteiger partial charge in [0.05, 0.1) is 18.4 Å². The third-order valence-corrected chi connectivity index (χ3v) is 5.65. The lowest BCUT2D eigenvalue weighted by molar-refractivity contribution is 0.468. The molecule has 0 saturated carbocycles. The van der Waals surface area contributed by atoms with Crippen molar-refractivity contribution < 1.29 is 4.39 Å². The molecule has 1 atom stereocenters. The Morgan fingerprint density at radius 2 is 2.25 bits per heavy atom. The summed E-state index contributed by atoms with van der Waals surface area (Å²) in [5.74, 6) is 1.40. The lowest BCUT2D eigenvalue weighted by atomic mass is 10.1. The van der Waals surface area contributed by atoms with Crippen LogP contribution in [0.25, 0.3) is 0 Å². The number of rotatable bonds is 7. The van der Waals surface area contributed by atoms with Gasteiger partial charge < -0.3 is 15.5 Å². The molecule has 28 heavy (non-hydrogen) atoms. The molecule has 2 heterocycles. The van der Waals surface area contributed by atoms with Gasteiger partial charge in [-0.2, -0.15) is 5.10 Å². The molecule has 1 fully saturated rings. The number of thioether (sulfide) groups is 1. The maximum atomic E-state index is 13.7. The van der Waals surface area contributed by atoms with E-state index in [1.54, 1.807) is 6.07 Å². The highest BCUT2D eigenvalue weighted by molar-refractivity contribution is 7.99. The number of nitrogens with zero attached hydrogens (tertiary/aromatic N) is 4. The standard InChI is InChI=1S/C20H29FN6S/c1-3-22-20(23-10-12-28-19-9-5-4-8-18(19)21)25-16-7-6-11-27(14-16)17-13-24-26(2)15-17/h4-5,8-9,13,15-16H,3,6-7,10-12,14H2,1-2H3,(H2,22,23,25). The summed E-state index contributed by atoms with van der Waals surface area (Å²) >= 11 is 1.50. The molecule has 0 radical (unpaired) electrons. The zero-order valence-electron chi connectivity index (χ0n) is 16.6. The number of nitrogens with one attached hydrogen (secondary N) is 2. The van der Waals surface area contributed by atoms with E-state index in [4.69, 9.17) is 0 Å². The Balaban J connectivity index is 1.51. The van der Waals surface area contributed by atoms with E-state index in [1.165, 1.54) is 17.8 Å². The number of guanidine groups is 1. The van der Waals surface area contributed by atoms with E-state index in [0.29, 0.717) is 17.5 Å². The second-order valence-electron chi connectivity index (χ2n) is 6.84. The average Bonchev–Trinajstić information content (AvgIpc) is 3.13. The van der Waals surface area contributed by atoms with Crippen LogP contribution in [-0.4, -0.2) is 53.7 Å². The fourth-order valence-electron chi connectivity index (χ4n) is 3.29. The topological polar surface area (TPSA) is 57.5 Å². The summed E-state index contributed by atoms with van der Waals surface area (Å²) in [5, 5.41) is 11.2. The number of aliphatic imine (C=N–C) groups is 1. The van der Waals surface area contributed by atoms with E-state index in [1.807, 2.05) is 30.1 Å². The first-order valence-electron chi connectivity index (χ1n) is 9.81. The molecule has 8 heteroatoms. The van der Waals surface area contributed by atoms with E-state index in [0.717, 1.165) is 49.9 Å². The zero-order valence-corrected chi connectivity index (χ0v) is 17.4. The van der Waals surface area contributed by atoms with Crippen LogP contribution in [0.5, 0.6) is 0 Å². The van der Waals surface area contributed by atoms with Crippen LogP contribution in [0.3, 0.4) is 0 Å². The van der Waals surface area contributed by atoms with Crippen molar-refractivity contribution in [2.75, 3.05) is 36.8 Å². The first kappa shape index (κ1) is 20.5. The minimum atomic E-state index is -0.167. The van der Waals surface area contributed by atoms with Crippen LogP contribution in [0.1, 0.15) is 19.8 Å². The molecule has 3 rings (SSSR count). The Hall–Kier alpha value is -2.22. The van der Waals surface area contributed by atoms with Gasteiger partial charge in [0.25, 0.3) is 0 Å². The summed E-state index contributed by atoms with van der Waals surface area (Å²) in [4.78, 5) is 7.71. The molecular formula is C20H29FN6S. The molecule has 1 unspecified atom stereocenters. The molecule has 0 spiro atoms. The molecule has 0 bridgehead atoms. The van der Waals surface area contributed by atoms with Gasteiger partial charge in [0, 0.05) is 49.6 Å². The Morgan fingerprint density at radius 1 is 1.39 bits per heavy atom. The van der Waals surface area contributed by atoms with Gasteiger partial charge in [-0.3, -0.25) is 9.67 Å². The van der Waals surface area contributed by atoms with Gasteiger partial charge in [-0.25, -0.2) is 4.39 Å². The lowest BCUT2D eigenvalue weighted by Gasteiger charge is -2.34. The largest absolute Gasteiger partial charge is 0.367 e. The van der Waals surface area contributed by atoms with E-state index in [-0.39, 0.29) is 5.82 Å². The number of benzene rings is 1. The smallest absolute Gasteiger partial charge is 0.191 e. The number of hydrogen-bond acceptors (Lipinski definition) is 4. The van der Waals surface area contributed by atoms with E-state index in [9.17, 15) is 4.39 Å². The van der Waals surface area contributed by atoms with Crippen molar-refractivity contribution in [1.82, 2.24) is 20.4 Å². The first-order chi connectivity index (χ1) is 13.7. The van der Waals surface area contributed by atoms with Crippen molar-refractivity contribution in [2.24, 2.45) is 12.0 Å². The van der Waals surface area contributed by atoms with Crippen LogP contribution < -0.4 is 15.5 Å². The van der Waals surface area contributed by atoms with Crippen LogP contribution in [0.4, 0.5) is 10.1 Å². The molecule has 152 valence electrons. The summed E-state index contributed by atoms with van der Waals surface area (Å²) in [5.41, 5.74) is 1.16. The Morgan fingerprint density at radius 3 is 3.00 bits per heavy atom. The highest BCUT2D eigenvalue weighted by Gasteiger charge is 2.21. The van der Waals surface area contributed by atoms with Crippen molar-refractivity contribution in [2.45, 2.75) is 30.7 Å². The zero-order chi connectivity index (χ0) is 19.8. The van der Waals surface area contributed by atoms with E-state index >= 15 is 0 Å². The summed E-state index contributed by atoms with van der Waals surface area (Å²) in [6, 6.07) is 7.21. The van der Waals surface area contributed by atoms with Gasteiger partial charge in [-0.05, 0) is 31.9 Å². The molecule has 6 nitrogen and oxygen atoms in total. The maximum Gasteiger partial charge on any atom is 0.191 e. The molecule has 1 aromatic heterocycles. The number of aromatic nitrogens is 2. The van der Waals surface area contributed by atoms with Gasteiger partial charge in [-0.15, -0.1) is 11.8 Å². The number of anilines is 1. The predicted molar refractivity (Wildman–Crippen MR) is 115 cm³/mol. The SMILES string of the molecule is CCNC(=NCCSc1ccccc1F)NC1CCCN(c2cnn(C)c2)C1. The summed E-state index contributed by atoms with van der Waals surface area (Å²) in [6.45, 7) is 5.49. The molecule has 0 aliphatic carbocycles. The fraction of sp³-hybridized carbons (Fsp3) is 0.500. The second-order valence-corrected chi connectivity index (χ2v) is 7.98. The monoisotopic (exact) mass is 404 g/mol. The summed E-state index contributed by atoms with van der Waals surface area (Å²) in [7, 11) is 1.94. The van der Waals surface area contributed by atoms with Crippen molar-refractivity contribution in [1.29, 1.82) is 0 Å². The van der Waals surface area contributed by atoms with E-state index < -0.39 is 0 Å². The molecule has 0 amide bonds. The summed E-state index contributed by atoms with van der Waals surface area (Å²) < 4.78 is 15.5. The van der Waals surface area contributed by atoms with Crippen LogP contribution in [-0.2, 0) is 7.05 Å². The van der Waals surface area contributed by atoms with E-state index in [2.05, 4.69) is 38.7 Å². The Kier molecular flexibility index (Phi) is 7.59. The minimum absolute atomic E-state index is 0.167. The van der Waals surface area contributed by atoms with Gasteiger partial charge in [0.1, 0.15) is 5.82 Å². The van der Waals surface area contributed by atoms with Crippen LogP contribution in [0, 0.1) is 5.82 Å². The second kappa shape index (κ2) is 10.4. The third-order valence-electron chi connectivity index (χ3n) is 4.62.